The highest BCUT2D eigenvalue weighted by Crippen LogP contribution is 2.38. The summed E-state index contributed by atoms with van der Waals surface area (Å²) in [6.45, 7) is 7.33. The van der Waals surface area contributed by atoms with Crippen LogP contribution in [0.2, 0.25) is 0 Å². The maximum absolute atomic E-state index is 3.53. The van der Waals surface area contributed by atoms with Gasteiger partial charge in [-0.1, -0.05) is 33.1 Å². The van der Waals surface area contributed by atoms with Gasteiger partial charge in [0.1, 0.15) is 0 Å². The highest BCUT2D eigenvalue weighted by molar-refractivity contribution is 4.83. The molecule has 1 saturated carbocycles. The van der Waals surface area contributed by atoms with Crippen molar-refractivity contribution in [3.8, 4) is 0 Å². The molecule has 1 N–H and O–H groups in total. The van der Waals surface area contributed by atoms with Crippen molar-refractivity contribution in [1.82, 2.24) is 5.32 Å². The summed E-state index contributed by atoms with van der Waals surface area (Å²) in [5.74, 6) is 4.01. The predicted octanol–water partition coefficient (Wildman–Crippen LogP) is 3.45. The molecule has 1 aliphatic carbocycles. The molecule has 1 heteroatoms. The highest BCUT2D eigenvalue weighted by atomic mass is 14.9. The highest BCUT2D eigenvalue weighted by Gasteiger charge is 2.30. The topological polar surface area (TPSA) is 12.0 Å². The Hall–Kier alpha value is -0.0400. The zero-order chi connectivity index (χ0) is 10.7. The SMILES string of the molecule is CC(C)CC1CCCC(C2CCNC2)C1. The van der Waals surface area contributed by atoms with Crippen molar-refractivity contribution in [3.63, 3.8) is 0 Å². The normalized spacial score (nSPS) is 37.4. The number of hydrogen-bond acceptors (Lipinski definition) is 1. The fourth-order valence-corrected chi connectivity index (χ4v) is 3.72. The van der Waals surface area contributed by atoms with Gasteiger partial charge in [-0.25, -0.2) is 0 Å². The fourth-order valence-electron chi connectivity index (χ4n) is 3.72. The molecule has 15 heavy (non-hydrogen) atoms. The fraction of sp³-hybridized carbons (Fsp3) is 1.00. The molecule has 3 atom stereocenters. The van der Waals surface area contributed by atoms with Crippen LogP contribution < -0.4 is 5.32 Å². The van der Waals surface area contributed by atoms with Crippen LogP contribution in [-0.2, 0) is 0 Å². The third-order valence-corrected chi connectivity index (χ3v) is 4.39. The summed E-state index contributed by atoms with van der Waals surface area (Å²) in [4.78, 5) is 0. The first-order valence-corrected chi connectivity index (χ1v) is 6.96. The van der Waals surface area contributed by atoms with Crippen LogP contribution in [0.15, 0.2) is 0 Å². The summed E-state index contributed by atoms with van der Waals surface area (Å²) < 4.78 is 0. The lowest BCUT2D eigenvalue weighted by Gasteiger charge is -2.33. The van der Waals surface area contributed by atoms with Gasteiger partial charge in [0, 0.05) is 0 Å². The zero-order valence-corrected chi connectivity index (χ0v) is 10.5. The molecule has 0 spiro atoms. The molecule has 1 heterocycles. The van der Waals surface area contributed by atoms with Crippen LogP contribution in [0.25, 0.3) is 0 Å². The monoisotopic (exact) mass is 209 g/mol. The van der Waals surface area contributed by atoms with Gasteiger partial charge >= 0.3 is 0 Å². The summed E-state index contributed by atoms with van der Waals surface area (Å²) in [5.41, 5.74) is 0. The molecular formula is C14H27N. The van der Waals surface area contributed by atoms with Crippen LogP contribution in [0.4, 0.5) is 0 Å². The van der Waals surface area contributed by atoms with Gasteiger partial charge in [0.05, 0.1) is 0 Å². The molecule has 0 aromatic heterocycles. The Morgan fingerprint density at radius 1 is 1.13 bits per heavy atom. The Kier molecular flexibility index (Phi) is 4.07. The Morgan fingerprint density at radius 2 is 2.00 bits per heavy atom. The molecular weight excluding hydrogens is 182 g/mol. The molecule has 1 saturated heterocycles. The van der Waals surface area contributed by atoms with Crippen molar-refractivity contribution >= 4 is 0 Å². The molecule has 3 unspecified atom stereocenters. The van der Waals surface area contributed by atoms with Crippen molar-refractivity contribution in [2.24, 2.45) is 23.7 Å². The molecule has 0 amide bonds. The van der Waals surface area contributed by atoms with Gasteiger partial charge in [0.25, 0.3) is 0 Å². The Bertz CT molecular complexity index is 182. The van der Waals surface area contributed by atoms with Gasteiger partial charge in [0.15, 0.2) is 0 Å². The third kappa shape index (κ3) is 3.21. The van der Waals surface area contributed by atoms with E-state index in [0.717, 1.165) is 23.7 Å². The van der Waals surface area contributed by atoms with Gasteiger partial charge < -0.3 is 5.32 Å². The van der Waals surface area contributed by atoms with Crippen LogP contribution in [0.1, 0.15) is 52.4 Å². The van der Waals surface area contributed by atoms with Crippen LogP contribution in [0.5, 0.6) is 0 Å². The van der Waals surface area contributed by atoms with E-state index in [-0.39, 0.29) is 0 Å². The van der Waals surface area contributed by atoms with E-state index in [2.05, 4.69) is 19.2 Å². The van der Waals surface area contributed by atoms with Crippen LogP contribution in [-0.4, -0.2) is 13.1 Å². The maximum atomic E-state index is 3.53. The van der Waals surface area contributed by atoms with Crippen molar-refractivity contribution in [3.05, 3.63) is 0 Å². The van der Waals surface area contributed by atoms with E-state index in [4.69, 9.17) is 0 Å². The first-order chi connectivity index (χ1) is 7.25. The number of hydrogen-bond donors (Lipinski definition) is 1. The van der Waals surface area contributed by atoms with E-state index in [1.807, 2.05) is 0 Å². The first kappa shape index (κ1) is 11.4. The minimum Gasteiger partial charge on any atom is -0.316 e. The van der Waals surface area contributed by atoms with E-state index in [9.17, 15) is 0 Å². The molecule has 2 rings (SSSR count). The molecule has 2 aliphatic rings. The summed E-state index contributed by atoms with van der Waals surface area (Å²) >= 11 is 0. The molecule has 88 valence electrons. The lowest BCUT2D eigenvalue weighted by atomic mass is 9.72. The Labute approximate surface area is 95.0 Å². The first-order valence-electron chi connectivity index (χ1n) is 6.96. The third-order valence-electron chi connectivity index (χ3n) is 4.39. The van der Waals surface area contributed by atoms with Crippen molar-refractivity contribution in [1.29, 1.82) is 0 Å². The molecule has 0 bridgehead atoms. The molecule has 0 aromatic carbocycles. The van der Waals surface area contributed by atoms with Crippen LogP contribution in [0.3, 0.4) is 0 Å². The van der Waals surface area contributed by atoms with Gasteiger partial charge in [-0.15, -0.1) is 0 Å². The predicted molar refractivity (Wildman–Crippen MR) is 65.9 cm³/mol. The van der Waals surface area contributed by atoms with Gasteiger partial charge in [-0.2, -0.15) is 0 Å². The Morgan fingerprint density at radius 3 is 2.67 bits per heavy atom. The van der Waals surface area contributed by atoms with Crippen LogP contribution in [0, 0.1) is 23.7 Å². The van der Waals surface area contributed by atoms with Crippen molar-refractivity contribution in [2.75, 3.05) is 13.1 Å². The summed E-state index contributed by atoms with van der Waals surface area (Å²) in [7, 11) is 0. The van der Waals surface area contributed by atoms with E-state index in [1.54, 1.807) is 0 Å². The second-order valence-electron chi connectivity index (χ2n) is 6.18. The van der Waals surface area contributed by atoms with E-state index in [0.29, 0.717) is 0 Å². The second-order valence-corrected chi connectivity index (χ2v) is 6.18. The van der Waals surface area contributed by atoms with Gasteiger partial charge in [0.2, 0.25) is 0 Å². The Balaban J connectivity index is 1.80. The van der Waals surface area contributed by atoms with E-state index in [1.165, 1.54) is 51.6 Å². The largest absolute Gasteiger partial charge is 0.316 e. The van der Waals surface area contributed by atoms with Crippen molar-refractivity contribution in [2.45, 2.75) is 52.4 Å². The van der Waals surface area contributed by atoms with Gasteiger partial charge in [-0.05, 0) is 56.0 Å². The average molecular weight is 209 g/mol. The molecule has 0 aromatic rings. The van der Waals surface area contributed by atoms with Crippen LogP contribution >= 0.6 is 0 Å². The maximum Gasteiger partial charge on any atom is -0.00174 e. The van der Waals surface area contributed by atoms with E-state index >= 15 is 0 Å². The number of nitrogens with one attached hydrogen (secondary N) is 1. The average Bonchev–Trinajstić information content (AvgIpc) is 2.69. The molecule has 2 fully saturated rings. The minimum atomic E-state index is 0.899. The second kappa shape index (κ2) is 5.34. The van der Waals surface area contributed by atoms with Gasteiger partial charge in [-0.3, -0.25) is 0 Å². The quantitative estimate of drug-likeness (QED) is 0.750. The lowest BCUT2D eigenvalue weighted by molar-refractivity contribution is 0.186. The summed E-state index contributed by atoms with van der Waals surface area (Å²) in [6.07, 6.45) is 8.97. The molecule has 1 aliphatic heterocycles. The molecule has 0 radical (unpaired) electrons. The summed E-state index contributed by atoms with van der Waals surface area (Å²) in [6, 6.07) is 0. The summed E-state index contributed by atoms with van der Waals surface area (Å²) in [5, 5.41) is 3.53. The minimum absolute atomic E-state index is 0.899. The number of rotatable bonds is 3. The smallest absolute Gasteiger partial charge is 0.00174 e. The van der Waals surface area contributed by atoms with E-state index < -0.39 is 0 Å². The lowest BCUT2D eigenvalue weighted by Crippen LogP contribution is -2.25. The zero-order valence-electron chi connectivity index (χ0n) is 10.5. The standard InChI is InChI=1S/C14H27N/c1-11(2)8-12-4-3-5-13(9-12)14-6-7-15-10-14/h11-15H,3-10H2,1-2H3. The van der Waals surface area contributed by atoms with Crippen molar-refractivity contribution < 1.29 is 0 Å². The molecule has 1 nitrogen and oxygen atoms in total.